The van der Waals surface area contributed by atoms with E-state index in [1.807, 2.05) is 13.8 Å². The highest BCUT2D eigenvalue weighted by Gasteiger charge is 2.49. The van der Waals surface area contributed by atoms with Crippen LogP contribution in [0.4, 0.5) is 0 Å². The molecule has 1 aliphatic rings. The molecule has 0 aromatic heterocycles. The maximum absolute atomic E-state index is 12.8. The van der Waals surface area contributed by atoms with Crippen LogP contribution in [0.1, 0.15) is 31.9 Å². The average Bonchev–Trinajstić information content (AvgIpc) is 3.08. The van der Waals surface area contributed by atoms with Gasteiger partial charge in [-0.05, 0) is 57.2 Å². The molecule has 0 spiro atoms. The van der Waals surface area contributed by atoms with Crippen LogP contribution in [0, 0.1) is 0 Å². The number of aliphatic imine (C=N–C) groups is 1. The molecule has 1 aliphatic heterocycles. The number of amides is 1. The first-order valence-electron chi connectivity index (χ1n) is 9.60. The van der Waals surface area contributed by atoms with Crippen molar-refractivity contribution in [1.82, 2.24) is 5.32 Å². The lowest BCUT2D eigenvalue weighted by molar-refractivity contribution is -0.152. The van der Waals surface area contributed by atoms with E-state index < -0.39 is 17.5 Å². The van der Waals surface area contributed by atoms with Gasteiger partial charge in [-0.1, -0.05) is 12.1 Å². The number of rotatable bonds is 8. The molecule has 1 amide bonds. The van der Waals surface area contributed by atoms with Gasteiger partial charge >= 0.3 is 5.97 Å². The van der Waals surface area contributed by atoms with E-state index in [2.05, 4.69) is 10.3 Å². The minimum Gasteiger partial charge on any atom is -0.494 e. The summed E-state index contributed by atoms with van der Waals surface area (Å²) in [4.78, 5) is 30.1. The molecule has 0 radical (unpaired) electrons. The van der Waals surface area contributed by atoms with Gasteiger partial charge in [-0.15, -0.1) is 0 Å². The second-order valence-electron chi connectivity index (χ2n) is 6.26. The van der Waals surface area contributed by atoms with E-state index in [1.54, 1.807) is 55.5 Å². The molecule has 0 bridgehead atoms. The summed E-state index contributed by atoms with van der Waals surface area (Å²) in [6, 6.07) is 13.9. The first kappa shape index (κ1) is 20.4. The van der Waals surface area contributed by atoms with E-state index in [0.29, 0.717) is 35.8 Å². The van der Waals surface area contributed by atoms with E-state index >= 15 is 0 Å². The molecule has 1 atom stereocenters. The quantitative estimate of drug-likeness (QED) is 0.694. The first-order chi connectivity index (χ1) is 14.0. The molecule has 7 heteroatoms. The van der Waals surface area contributed by atoms with Crippen molar-refractivity contribution in [3.8, 4) is 11.5 Å². The van der Waals surface area contributed by atoms with Gasteiger partial charge in [0, 0.05) is 11.1 Å². The summed E-state index contributed by atoms with van der Waals surface area (Å²) >= 11 is 0. The normalized spacial score (nSPS) is 18.0. The van der Waals surface area contributed by atoms with Gasteiger partial charge in [0.1, 0.15) is 17.2 Å². The third-order valence-electron chi connectivity index (χ3n) is 4.38. The lowest BCUT2D eigenvalue weighted by Crippen LogP contribution is -2.47. The van der Waals surface area contributed by atoms with Crippen molar-refractivity contribution in [3.05, 3.63) is 59.7 Å². The van der Waals surface area contributed by atoms with Gasteiger partial charge in [0.2, 0.25) is 0 Å². The summed E-state index contributed by atoms with van der Waals surface area (Å²) in [7, 11) is 0. The molecular weight excluding hydrogens is 372 g/mol. The largest absolute Gasteiger partial charge is 0.494 e. The average molecular weight is 396 g/mol. The van der Waals surface area contributed by atoms with Crippen LogP contribution in [0.2, 0.25) is 0 Å². The Balaban J connectivity index is 2.02. The SMILES string of the molecule is CCOC(=O)C1(c2ccc(OCC)cc2)N=C(c2ccc(OCC)cc2)C(=O)N1. The topological polar surface area (TPSA) is 86.2 Å². The molecule has 152 valence electrons. The summed E-state index contributed by atoms with van der Waals surface area (Å²) in [5.74, 6) is 0.267. The number of nitrogens with zero attached hydrogens (tertiary/aromatic N) is 1. The van der Waals surface area contributed by atoms with Crippen LogP contribution in [0.5, 0.6) is 11.5 Å². The summed E-state index contributed by atoms with van der Waals surface area (Å²) in [6.07, 6.45) is 0. The van der Waals surface area contributed by atoms with Gasteiger partial charge in [0.05, 0.1) is 19.8 Å². The molecule has 1 N–H and O–H groups in total. The van der Waals surface area contributed by atoms with Crippen LogP contribution in [0.25, 0.3) is 0 Å². The smallest absolute Gasteiger partial charge is 0.359 e. The molecule has 29 heavy (non-hydrogen) atoms. The molecule has 1 heterocycles. The van der Waals surface area contributed by atoms with Gasteiger partial charge < -0.3 is 19.5 Å². The predicted octanol–water partition coefficient (Wildman–Crippen LogP) is 2.82. The van der Waals surface area contributed by atoms with E-state index in [9.17, 15) is 9.59 Å². The van der Waals surface area contributed by atoms with Crippen LogP contribution in [-0.2, 0) is 20.0 Å². The zero-order valence-electron chi connectivity index (χ0n) is 16.7. The van der Waals surface area contributed by atoms with Crippen molar-refractivity contribution < 1.29 is 23.8 Å². The fourth-order valence-electron chi connectivity index (χ4n) is 3.09. The molecule has 7 nitrogen and oxygen atoms in total. The first-order valence-corrected chi connectivity index (χ1v) is 9.60. The molecular formula is C22H24N2O5. The van der Waals surface area contributed by atoms with Crippen molar-refractivity contribution >= 4 is 17.6 Å². The zero-order valence-corrected chi connectivity index (χ0v) is 16.7. The highest BCUT2D eigenvalue weighted by molar-refractivity contribution is 6.47. The fraction of sp³-hybridized carbons (Fsp3) is 0.318. The third-order valence-corrected chi connectivity index (χ3v) is 4.38. The monoisotopic (exact) mass is 396 g/mol. The van der Waals surface area contributed by atoms with Gasteiger partial charge in [-0.25, -0.2) is 9.79 Å². The number of carbonyl (C=O) groups excluding carboxylic acids is 2. The molecule has 0 saturated carbocycles. The standard InChI is InChI=1S/C22H24N2O5/c1-4-27-17-11-7-15(8-12-17)19-20(25)24-22(23-19,21(26)29-6-3)16-9-13-18(14-10-16)28-5-2/h7-14H,4-6H2,1-3H3,(H,24,25). The van der Waals surface area contributed by atoms with Gasteiger partial charge in [0.15, 0.2) is 0 Å². The highest BCUT2D eigenvalue weighted by atomic mass is 16.5. The van der Waals surface area contributed by atoms with Gasteiger partial charge in [0.25, 0.3) is 11.6 Å². The summed E-state index contributed by atoms with van der Waals surface area (Å²) in [5, 5.41) is 2.72. The second kappa shape index (κ2) is 8.77. The number of carbonyl (C=O) groups is 2. The molecule has 0 fully saturated rings. The van der Waals surface area contributed by atoms with Crippen molar-refractivity contribution in [2.24, 2.45) is 4.99 Å². The molecule has 1 unspecified atom stereocenters. The second-order valence-corrected chi connectivity index (χ2v) is 6.26. The van der Waals surface area contributed by atoms with E-state index in [4.69, 9.17) is 14.2 Å². The summed E-state index contributed by atoms with van der Waals surface area (Å²) < 4.78 is 16.1. The molecule has 3 rings (SSSR count). The van der Waals surface area contributed by atoms with Crippen molar-refractivity contribution in [1.29, 1.82) is 0 Å². The van der Waals surface area contributed by atoms with E-state index in [-0.39, 0.29) is 12.3 Å². The number of benzene rings is 2. The highest BCUT2D eigenvalue weighted by Crippen LogP contribution is 2.31. The lowest BCUT2D eigenvalue weighted by Gasteiger charge is -2.24. The Kier molecular flexibility index (Phi) is 6.16. The van der Waals surface area contributed by atoms with E-state index in [0.717, 1.165) is 0 Å². The zero-order chi connectivity index (χ0) is 20.9. The molecule has 2 aromatic rings. The van der Waals surface area contributed by atoms with Crippen LogP contribution in [0.15, 0.2) is 53.5 Å². The Morgan fingerprint density at radius 1 is 0.897 bits per heavy atom. The number of esters is 1. The van der Waals surface area contributed by atoms with E-state index in [1.165, 1.54) is 0 Å². The van der Waals surface area contributed by atoms with Crippen LogP contribution >= 0.6 is 0 Å². The summed E-state index contributed by atoms with van der Waals surface area (Å²) in [6.45, 7) is 6.73. The van der Waals surface area contributed by atoms with Crippen LogP contribution < -0.4 is 14.8 Å². The Hall–Kier alpha value is -3.35. The minimum atomic E-state index is -1.63. The Bertz CT molecular complexity index is 906. The number of nitrogens with one attached hydrogen (secondary N) is 1. The lowest BCUT2D eigenvalue weighted by atomic mass is 10.0. The van der Waals surface area contributed by atoms with Crippen molar-refractivity contribution in [3.63, 3.8) is 0 Å². The Morgan fingerprint density at radius 3 is 1.97 bits per heavy atom. The van der Waals surface area contributed by atoms with Gasteiger partial charge in [-0.2, -0.15) is 0 Å². The molecule has 0 saturated heterocycles. The third kappa shape index (κ3) is 4.08. The Labute approximate surface area is 169 Å². The summed E-state index contributed by atoms with van der Waals surface area (Å²) in [5.41, 5.74) is -0.391. The van der Waals surface area contributed by atoms with Crippen molar-refractivity contribution in [2.45, 2.75) is 26.4 Å². The molecule has 0 aliphatic carbocycles. The van der Waals surface area contributed by atoms with Crippen LogP contribution in [0.3, 0.4) is 0 Å². The molecule has 2 aromatic carbocycles. The maximum atomic E-state index is 12.8. The maximum Gasteiger partial charge on any atom is 0.359 e. The predicted molar refractivity (Wildman–Crippen MR) is 108 cm³/mol. The number of hydrogen-bond donors (Lipinski definition) is 1. The van der Waals surface area contributed by atoms with Gasteiger partial charge in [-0.3, -0.25) is 4.79 Å². The fourth-order valence-corrected chi connectivity index (χ4v) is 3.09. The Morgan fingerprint density at radius 2 is 1.45 bits per heavy atom. The number of ether oxygens (including phenoxy) is 3. The van der Waals surface area contributed by atoms with Crippen molar-refractivity contribution in [2.75, 3.05) is 19.8 Å². The minimum absolute atomic E-state index is 0.162. The van der Waals surface area contributed by atoms with Crippen LogP contribution in [-0.4, -0.2) is 37.4 Å². The number of hydrogen-bond acceptors (Lipinski definition) is 6.